The fourth-order valence-corrected chi connectivity index (χ4v) is 2.50. The van der Waals surface area contributed by atoms with E-state index in [1.807, 2.05) is 38.2 Å². The lowest BCUT2D eigenvalue weighted by atomic mass is 10.2. The Hall–Kier alpha value is -1.92. The number of likely N-dealkylation sites (N-methyl/N-ethyl adjacent to an activating group) is 1. The van der Waals surface area contributed by atoms with Crippen molar-refractivity contribution in [3.63, 3.8) is 0 Å². The molecule has 2 heterocycles. The van der Waals surface area contributed by atoms with Crippen LogP contribution in [0.5, 0.6) is 0 Å². The second-order valence-electron chi connectivity index (χ2n) is 5.45. The maximum Gasteiger partial charge on any atom is 0.276 e. The average molecular weight is 322 g/mol. The van der Waals surface area contributed by atoms with Crippen LogP contribution in [0, 0.1) is 6.92 Å². The SMILES string of the molecule is Cc1ccc(-n2cc(C(=O)N(C)C3CCNC3)nn2)cc1.Cl. The van der Waals surface area contributed by atoms with Gasteiger partial charge in [0.15, 0.2) is 5.69 Å². The van der Waals surface area contributed by atoms with Crippen molar-refractivity contribution in [3.8, 4) is 5.69 Å². The number of halogens is 1. The Morgan fingerprint density at radius 2 is 2.09 bits per heavy atom. The molecule has 3 rings (SSSR count). The highest BCUT2D eigenvalue weighted by molar-refractivity contribution is 5.92. The molecule has 6 nitrogen and oxygen atoms in total. The van der Waals surface area contributed by atoms with Gasteiger partial charge in [0.05, 0.1) is 11.9 Å². The molecule has 1 fully saturated rings. The number of nitrogens with zero attached hydrogens (tertiary/aromatic N) is 4. The van der Waals surface area contributed by atoms with Gasteiger partial charge in [-0.15, -0.1) is 17.5 Å². The molecule has 0 radical (unpaired) electrons. The van der Waals surface area contributed by atoms with Gasteiger partial charge in [-0.2, -0.15) is 0 Å². The number of nitrogens with one attached hydrogen (secondary N) is 1. The summed E-state index contributed by atoms with van der Waals surface area (Å²) in [7, 11) is 1.82. The highest BCUT2D eigenvalue weighted by Crippen LogP contribution is 2.12. The Kier molecular flexibility index (Phi) is 5.15. The summed E-state index contributed by atoms with van der Waals surface area (Å²) in [4.78, 5) is 14.2. The predicted molar refractivity (Wildman–Crippen MR) is 86.7 cm³/mol. The zero-order valence-electron chi connectivity index (χ0n) is 12.7. The molecular formula is C15H20ClN5O. The van der Waals surface area contributed by atoms with Crippen LogP contribution in [0.3, 0.4) is 0 Å². The largest absolute Gasteiger partial charge is 0.336 e. The Balaban J connectivity index is 0.00000176. The van der Waals surface area contributed by atoms with Gasteiger partial charge in [-0.3, -0.25) is 4.79 Å². The molecule has 2 aromatic rings. The van der Waals surface area contributed by atoms with Gasteiger partial charge >= 0.3 is 0 Å². The molecule has 7 heteroatoms. The van der Waals surface area contributed by atoms with Crippen LogP contribution < -0.4 is 5.32 Å². The summed E-state index contributed by atoms with van der Waals surface area (Å²) in [6, 6.07) is 8.18. The second-order valence-corrected chi connectivity index (χ2v) is 5.45. The first-order valence-corrected chi connectivity index (χ1v) is 7.12. The Labute approximate surface area is 135 Å². The molecule has 0 spiro atoms. The van der Waals surface area contributed by atoms with Crippen LogP contribution in [-0.4, -0.2) is 52.0 Å². The second kappa shape index (κ2) is 6.89. The molecule has 1 unspecified atom stereocenters. The number of amides is 1. The summed E-state index contributed by atoms with van der Waals surface area (Å²) >= 11 is 0. The van der Waals surface area contributed by atoms with Crippen molar-refractivity contribution >= 4 is 18.3 Å². The van der Waals surface area contributed by atoms with E-state index in [4.69, 9.17) is 0 Å². The van der Waals surface area contributed by atoms with Crippen LogP contribution in [0.4, 0.5) is 0 Å². The third-order valence-electron chi connectivity index (χ3n) is 3.91. The minimum Gasteiger partial charge on any atom is -0.336 e. The maximum atomic E-state index is 12.4. The third-order valence-corrected chi connectivity index (χ3v) is 3.91. The molecule has 118 valence electrons. The molecule has 22 heavy (non-hydrogen) atoms. The number of aryl methyl sites for hydroxylation is 1. The smallest absolute Gasteiger partial charge is 0.276 e. The van der Waals surface area contributed by atoms with Gasteiger partial charge in [0.1, 0.15) is 0 Å². The van der Waals surface area contributed by atoms with Gasteiger partial charge in [-0.25, -0.2) is 4.68 Å². The molecule has 1 aliphatic rings. The number of benzene rings is 1. The van der Waals surface area contributed by atoms with Crippen molar-refractivity contribution in [1.29, 1.82) is 0 Å². The first-order valence-electron chi connectivity index (χ1n) is 7.12. The minimum absolute atomic E-state index is 0. The number of aromatic nitrogens is 3. The molecule has 0 aliphatic carbocycles. The van der Waals surface area contributed by atoms with E-state index in [2.05, 4.69) is 15.6 Å². The topological polar surface area (TPSA) is 63.1 Å². The van der Waals surface area contributed by atoms with Crippen LogP contribution in [0.25, 0.3) is 5.69 Å². The van der Waals surface area contributed by atoms with Gasteiger partial charge in [-0.1, -0.05) is 22.9 Å². The summed E-state index contributed by atoms with van der Waals surface area (Å²) in [5.41, 5.74) is 2.46. The number of hydrogen-bond acceptors (Lipinski definition) is 4. The lowest BCUT2D eigenvalue weighted by Crippen LogP contribution is -2.38. The van der Waals surface area contributed by atoms with Crippen LogP contribution >= 0.6 is 12.4 Å². The molecule has 1 atom stereocenters. The normalized spacial score (nSPS) is 17.1. The van der Waals surface area contributed by atoms with Crippen molar-refractivity contribution in [2.45, 2.75) is 19.4 Å². The van der Waals surface area contributed by atoms with Crippen LogP contribution in [0.1, 0.15) is 22.5 Å². The van der Waals surface area contributed by atoms with E-state index in [9.17, 15) is 4.79 Å². The molecule has 1 amide bonds. The molecule has 1 aromatic carbocycles. The molecule has 1 saturated heterocycles. The van der Waals surface area contributed by atoms with Gasteiger partial charge in [0.2, 0.25) is 0 Å². The summed E-state index contributed by atoms with van der Waals surface area (Å²) in [6.45, 7) is 3.83. The van der Waals surface area contributed by atoms with Crippen molar-refractivity contribution in [2.24, 2.45) is 0 Å². The summed E-state index contributed by atoms with van der Waals surface area (Å²) < 4.78 is 1.63. The van der Waals surface area contributed by atoms with E-state index in [1.54, 1.807) is 15.8 Å². The highest BCUT2D eigenvalue weighted by Gasteiger charge is 2.25. The summed E-state index contributed by atoms with van der Waals surface area (Å²) in [5.74, 6) is -0.0814. The molecule has 1 N–H and O–H groups in total. The zero-order chi connectivity index (χ0) is 14.8. The van der Waals surface area contributed by atoms with Gasteiger partial charge in [0.25, 0.3) is 5.91 Å². The van der Waals surface area contributed by atoms with Gasteiger partial charge in [0, 0.05) is 19.6 Å². The number of rotatable bonds is 3. The number of hydrogen-bond donors (Lipinski definition) is 1. The van der Waals surface area contributed by atoms with Crippen molar-refractivity contribution in [3.05, 3.63) is 41.7 Å². The third kappa shape index (κ3) is 3.28. The Morgan fingerprint density at radius 1 is 1.36 bits per heavy atom. The maximum absolute atomic E-state index is 12.4. The lowest BCUT2D eigenvalue weighted by molar-refractivity contribution is 0.0737. The predicted octanol–water partition coefficient (Wildman–Crippen LogP) is 1.43. The van der Waals surface area contributed by atoms with E-state index < -0.39 is 0 Å². The molecule has 0 bridgehead atoms. The van der Waals surface area contributed by atoms with Crippen LogP contribution in [0.2, 0.25) is 0 Å². The molecule has 1 aliphatic heterocycles. The average Bonchev–Trinajstić information content (AvgIpc) is 3.18. The van der Waals surface area contributed by atoms with E-state index >= 15 is 0 Å². The van der Waals surface area contributed by atoms with Crippen molar-refractivity contribution < 1.29 is 4.79 Å². The first kappa shape index (κ1) is 16.5. The van der Waals surface area contributed by atoms with Gasteiger partial charge < -0.3 is 10.2 Å². The summed E-state index contributed by atoms with van der Waals surface area (Å²) in [5, 5.41) is 11.3. The quantitative estimate of drug-likeness (QED) is 0.929. The van der Waals surface area contributed by atoms with E-state index in [0.29, 0.717) is 5.69 Å². The lowest BCUT2D eigenvalue weighted by Gasteiger charge is -2.22. The Morgan fingerprint density at radius 3 is 2.73 bits per heavy atom. The molecule has 0 saturated carbocycles. The van der Waals surface area contributed by atoms with E-state index in [1.165, 1.54) is 5.56 Å². The number of carbonyl (C=O) groups is 1. The monoisotopic (exact) mass is 321 g/mol. The van der Waals surface area contributed by atoms with E-state index in [-0.39, 0.29) is 24.4 Å². The molecular weight excluding hydrogens is 302 g/mol. The number of carbonyl (C=O) groups excluding carboxylic acids is 1. The Bertz CT molecular complexity index is 634. The first-order chi connectivity index (χ1) is 10.1. The standard InChI is InChI=1S/C15H19N5O.ClH/c1-11-3-5-12(6-4-11)20-10-14(17-18-20)15(21)19(2)13-7-8-16-9-13;/h3-6,10,13,16H,7-9H2,1-2H3;1H. The van der Waals surface area contributed by atoms with Crippen molar-refractivity contribution in [2.75, 3.05) is 20.1 Å². The molecule has 1 aromatic heterocycles. The minimum atomic E-state index is -0.0814. The van der Waals surface area contributed by atoms with Crippen molar-refractivity contribution in [1.82, 2.24) is 25.2 Å². The highest BCUT2D eigenvalue weighted by atomic mass is 35.5. The zero-order valence-corrected chi connectivity index (χ0v) is 13.5. The van der Waals surface area contributed by atoms with Crippen LogP contribution in [-0.2, 0) is 0 Å². The van der Waals surface area contributed by atoms with E-state index in [0.717, 1.165) is 25.2 Å². The van der Waals surface area contributed by atoms with Crippen LogP contribution in [0.15, 0.2) is 30.5 Å². The fraction of sp³-hybridized carbons (Fsp3) is 0.400. The summed E-state index contributed by atoms with van der Waals surface area (Å²) in [6.07, 6.45) is 2.67. The fourth-order valence-electron chi connectivity index (χ4n) is 2.50. The van der Waals surface area contributed by atoms with Gasteiger partial charge in [-0.05, 0) is 32.0 Å².